The van der Waals surface area contributed by atoms with Gasteiger partial charge in [0, 0.05) is 11.9 Å². The first-order valence-corrected chi connectivity index (χ1v) is 4.79. The molecule has 0 saturated heterocycles. The number of pyridine rings is 1. The minimum absolute atomic E-state index is 0.0378. The largest absolute Gasteiger partial charge is 0.465 e. The number of rotatable bonds is 5. The molecule has 0 spiro atoms. The predicted octanol–water partition coefficient (Wildman–Crippen LogP) is 0.155. The van der Waals surface area contributed by atoms with Crippen LogP contribution >= 0.6 is 0 Å². The summed E-state index contributed by atoms with van der Waals surface area (Å²) in [5, 5.41) is 2.80. The van der Waals surface area contributed by atoms with E-state index in [1.807, 2.05) is 0 Å². The van der Waals surface area contributed by atoms with Crippen molar-refractivity contribution in [3.8, 4) is 0 Å². The van der Waals surface area contributed by atoms with Crippen LogP contribution in [0.5, 0.6) is 0 Å². The Morgan fingerprint density at radius 1 is 1.56 bits per heavy atom. The number of hydrogen-bond donors (Lipinski definition) is 2. The lowest BCUT2D eigenvalue weighted by atomic mass is 10.3. The second-order valence-corrected chi connectivity index (χ2v) is 2.95. The van der Waals surface area contributed by atoms with E-state index in [1.54, 1.807) is 13.0 Å². The van der Waals surface area contributed by atoms with Gasteiger partial charge in [-0.1, -0.05) is 0 Å². The SMILES string of the molecule is CCOC(=O)CNc1ccnc(C(N)=O)c1. The first-order chi connectivity index (χ1) is 7.63. The average Bonchev–Trinajstić information content (AvgIpc) is 2.27. The van der Waals surface area contributed by atoms with Crippen LogP contribution in [0.3, 0.4) is 0 Å². The minimum Gasteiger partial charge on any atom is -0.465 e. The van der Waals surface area contributed by atoms with Crippen molar-refractivity contribution in [3.63, 3.8) is 0 Å². The molecule has 0 fully saturated rings. The second-order valence-electron chi connectivity index (χ2n) is 2.95. The van der Waals surface area contributed by atoms with Crippen molar-refractivity contribution >= 4 is 17.6 Å². The van der Waals surface area contributed by atoms with Crippen molar-refractivity contribution in [1.82, 2.24) is 4.98 Å². The van der Waals surface area contributed by atoms with Gasteiger partial charge in [0.05, 0.1) is 6.61 Å². The maximum absolute atomic E-state index is 11.0. The summed E-state index contributed by atoms with van der Waals surface area (Å²) in [6, 6.07) is 3.10. The van der Waals surface area contributed by atoms with Gasteiger partial charge in [0.1, 0.15) is 12.2 Å². The maximum atomic E-state index is 11.0. The van der Waals surface area contributed by atoms with Crippen LogP contribution in [0, 0.1) is 0 Å². The molecule has 0 unspecified atom stereocenters. The zero-order chi connectivity index (χ0) is 12.0. The van der Waals surface area contributed by atoms with Crippen molar-refractivity contribution in [2.75, 3.05) is 18.5 Å². The summed E-state index contributed by atoms with van der Waals surface area (Å²) in [5.41, 5.74) is 5.81. The molecular weight excluding hydrogens is 210 g/mol. The number of primary amides is 1. The van der Waals surface area contributed by atoms with Crippen LogP contribution in [0.1, 0.15) is 17.4 Å². The molecular formula is C10H13N3O3. The van der Waals surface area contributed by atoms with Gasteiger partial charge in [0.2, 0.25) is 0 Å². The van der Waals surface area contributed by atoms with Crippen LogP contribution in [-0.4, -0.2) is 30.0 Å². The Kier molecular flexibility index (Phi) is 4.26. The monoisotopic (exact) mass is 223 g/mol. The topological polar surface area (TPSA) is 94.3 Å². The van der Waals surface area contributed by atoms with Gasteiger partial charge in [-0.05, 0) is 19.1 Å². The predicted molar refractivity (Wildman–Crippen MR) is 57.9 cm³/mol. The highest BCUT2D eigenvalue weighted by molar-refractivity contribution is 5.91. The Morgan fingerprint density at radius 2 is 2.31 bits per heavy atom. The van der Waals surface area contributed by atoms with E-state index in [-0.39, 0.29) is 18.2 Å². The Balaban J connectivity index is 2.57. The number of nitrogens with zero attached hydrogens (tertiary/aromatic N) is 1. The van der Waals surface area contributed by atoms with Gasteiger partial charge in [0.25, 0.3) is 5.91 Å². The number of carbonyl (C=O) groups excluding carboxylic acids is 2. The molecule has 6 nitrogen and oxygen atoms in total. The van der Waals surface area contributed by atoms with Gasteiger partial charge in [-0.2, -0.15) is 0 Å². The number of carbonyl (C=O) groups is 2. The van der Waals surface area contributed by atoms with E-state index in [4.69, 9.17) is 10.5 Å². The first-order valence-electron chi connectivity index (χ1n) is 4.79. The quantitative estimate of drug-likeness (QED) is 0.693. The van der Waals surface area contributed by atoms with E-state index < -0.39 is 5.91 Å². The average molecular weight is 223 g/mol. The van der Waals surface area contributed by atoms with Gasteiger partial charge >= 0.3 is 5.97 Å². The molecule has 6 heteroatoms. The summed E-state index contributed by atoms with van der Waals surface area (Å²) >= 11 is 0. The van der Waals surface area contributed by atoms with E-state index in [9.17, 15) is 9.59 Å². The van der Waals surface area contributed by atoms with Gasteiger partial charge in [-0.15, -0.1) is 0 Å². The molecule has 0 aliphatic carbocycles. The van der Waals surface area contributed by atoms with E-state index in [1.165, 1.54) is 12.3 Å². The Labute approximate surface area is 92.8 Å². The molecule has 3 N–H and O–H groups in total. The summed E-state index contributed by atoms with van der Waals surface area (Å²) in [7, 11) is 0. The number of anilines is 1. The van der Waals surface area contributed by atoms with Crippen LogP contribution in [-0.2, 0) is 9.53 Å². The molecule has 16 heavy (non-hydrogen) atoms. The van der Waals surface area contributed by atoms with Gasteiger partial charge < -0.3 is 15.8 Å². The first kappa shape index (κ1) is 12.0. The van der Waals surface area contributed by atoms with Crippen LogP contribution in [0.4, 0.5) is 5.69 Å². The lowest BCUT2D eigenvalue weighted by Crippen LogP contribution is -2.18. The summed E-state index contributed by atoms with van der Waals surface area (Å²) in [4.78, 5) is 25.6. The number of esters is 1. The van der Waals surface area contributed by atoms with Crippen LogP contribution < -0.4 is 11.1 Å². The fourth-order valence-corrected chi connectivity index (χ4v) is 1.06. The summed E-state index contributed by atoms with van der Waals surface area (Å²) in [5.74, 6) is -0.972. The van der Waals surface area contributed by atoms with Crippen LogP contribution in [0.25, 0.3) is 0 Å². The summed E-state index contributed by atoms with van der Waals surface area (Å²) in [6.07, 6.45) is 1.44. The number of nitrogens with two attached hydrogens (primary N) is 1. The third kappa shape index (κ3) is 3.56. The lowest BCUT2D eigenvalue weighted by Gasteiger charge is -2.06. The minimum atomic E-state index is -0.611. The molecule has 1 aromatic heterocycles. The molecule has 1 amide bonds. The number of amides is 1. The standard InChI is InChI=1S/C10H13N3O3/c1-2-16-9(14)6-13-7-3-4-12-8(5-7)10(11)15/h3-5H,2,6H2,1H3,(H2,11,15)(H,12,13). The lowest BCUT2D eigenvalue weighted by molar-refractivity contribution is -0.140. The zero-order valence-electron chi connectivity index (χ0n) is 8.90. The molecule has 0 saturated carbocycles. The fraction of sp³-hybridized carbons (Fsp3) is 0.300. The normalized spacial score (nSPS) is 9.56. The van der Waals surface area contributed by atoms with Crippen molar-refractivity contribution in [2.24, 2.45) is 5.73 Å². The zero-order valence-corrected chi connectivity index (χ0v) is 8.90. The molecule has 1 rings (SSSR count). The summed E-state index contributed by atoms with van der Waals surface area (Å²) in [6.45, 7) is 2.11. The molecule has 1 aromatic rings. The van der Waals surface area contributed by atoms with Crippen LogP contribution in [0.2, 0.25) is 0 Å². The Morgan fingerprint density at radius 3 is 2.94 bits per heavy atom. The van der Waals surface area contributed by atoms with E-state index in [2.05, 4.69) is 10.3 Å². The molecule has 0 aliphatic heterocycles. The van der Waals surface area contributed by atoms with Crippen molar-refractivity contribution in [1.29, 1.82) is 0 Å². The molecule has 0 aliphatic rings. The van der Waals surface area contributed by atoms with E-state index >= 15 is 0 Å². The Hall–Kier alpha value is -2.11. The molecule has 0 radical (unpaired) electrons. The summed E-state index contributed by atoms with van der Waals surface area (Å²) < 4.78 is 4.73. The van der Waals surface area contributed by atoms with Crippen molar-refractivity contribution in [3.05, 3.63) is 24.0 Å². The van der Waals surface area contributed by atoms with Gasteiger partial charge in [0.15, 0.2) is 0 Å². The highest BCUT2D eigenvalue weighted by Gasteiger charge is 2.04. The smallest absolute Gasteiger partial charge is 0.325 e. The number of ether oxygens (including phenoxy) is 1. The number of aromatic nitrogens is 1. The Bertz CT molecular complexity index is 393. The van der Waals surface area contributed by atoms with E-state index in [0.717, 1.165) is 0 Å². The third-order valence-corrected chi connectivity index (χ3v) is 1.75. The third-order valence-electron chi connectivity index (χ3n) is 1.75. The molecule has 0 bridgehead atoms. The fourth-order valence-electron chi connectivity index (χ4n) is 1.06. The van der Waals surface area contributed by atoms with Gasteiger partial charge in [-0.25, -0.2) is 0 Å². The van der Waals surface area contributed by atoms with Crippen LogP contribution in [0.15, 0.2) is 18.3 Å². The number of nitrogens with one attached hydrogen (secondary N) is 1. The highest BCUT2D eigenvalue weighted by atomic mass is 16.5. The molecule has 1 heterocycles. The molecule has 86 valence electrons. The highest BCUT2D eigenvalue weighted by Crippen LogP contribution is 2.06. The maximum Gasteiger partial charge on any atom is 0.325 e. The number of hydrogen-bond acceptors (Lipinski definition) is 5. The van der Waals surface area contributed by atoms with Crippen molar-refractivity contribution in [2.45, 2.75) is 6.92 Å². The second kappa shape index (κ2) is 5.69. The van der Waals surface area contributed by atoms with Gasteiger partial charge in [-0.3, -0.25) is 14.6 Å². The van der Waals surface area contributed by atoms with Crippen molar-refractivity contribution < 1.29 is 14.3 Å². The van der Waals surface area contributed by atoms with E-state index in [0.29, 0.717) is 12.3 Å². The molecule has 0 atom stereocenters. The molecule has 0 aromatic carbocycles.